The lowest BCUT2D eigenvalue weighted by Crippen LogP contribution is -2.45. The number of benzene rings is 2. The maximum Gasteiger partial charge on any atom is 0.0701 e. The summed E-state index contributed by atoms with van der Waals surface area (Å²) in [6.07, 6.45) is 2.04. The van der Waals surface area contributed by atoms with Crippen LogP contribution in [0.4, 0.5) is 0 Å². The van der Waals surface area contributed by atoms with E-state index in [0.29, 0.717) is 26.4 Å². The Morgan fingerprint density at radius 3 is 1.24 bits per heavy atom. The van der Waals surface area contributed by atoms with Crippen molar-refractivity contribution < 1.29 is 18.9 Å². The van der Waals surface area contributed by atoms with Crippen molar-refractivity contribution in [3.63, 3.8) is 0 Å². The summed E-state index contributed by atoms with van der Waals surface area (Å²) >= 11 is 0. The van der Waals surface area contributed by atoms with Gasteiger partial charge in [-0.3, -0.25) is 19.6 Å². The maximum absolute atomic E-state index is 5.88. The van der Waals surface area contributed by atoms with Crippen LogP contribution in [0.3, 0.4) is 0 Å². The lowest BCUT2D eigenvalue weighted by Gasteiger charge is -2.33. The molecule has 4 rings (SSSR count). The molecule has 0 radical (unpaired) electrons. The number of hydrogen-bond donors (Lipinski definition) is 0. The Bertz CT molecular complexity index is 853. The van der Waals surface area contributed by atoms with Gasteiger partial charge in [0.2, 0.25) is 0 Å². The number of nitrogens with zero attached hydrogens (tertiary/aromatic N) is 4. The molecule has 8 nitrogen and oxygen atoms in total. The summed E-state index contributed by atoms with van der Waals surface area (Å²) in [5, 5.41) is 0. The van der Waals surface area contributed by atoms with Gasteiger partial charge in [-0.2, -0.15) is 0 Å². The molecular weight excluding hydrogens is 528 g/mol. The van der Waals surface area contributed by atoms with Crippen molar-refractivity contribution in [2.45, 2.75) is 25.9 Å². The summed E-state index contributed by atoms with van der Waals surface area (Å²) in [6.45, 7) is 18.3. The highest BCUT2D eigenvalue weighted by Gasteiger charge is 2.16. The molecule has 0 spiro atoms. The summed E-state index contributed by atoms with van der Waals surface area (Å²) in [4.78, 5) is 10.5. The highest BCUT2D eigenvalue weighted by atomic mass is 16.5. The fraction of sp³-hybridized carbons (Fsp3) is 0.647. The van der Waals surface area contributed by atoms with Gasteiger partial charge < -0.3 is 18.9 Å². The van der Waals surface area contributed by atoms with Crippen molar-refractivity contribution in [1.29, 1.82) is 0 Å². The number of morpholine rings is 1. The molecule has 0 aliphatic carbocycles. The minimum Gasteiger partial charge on any atom is -0.379 e. The molecule has 2 aromatic rings. The Morgan fingerprint density at radius 1 is 0.381 bits per heavy atom. The minimum absolute atomic E-state index is 0.625. The SMILES string of the molecule is c1ccc(CN2CCCOCCOCCOCCCN(Cc3ccccc3)CCN(CCN3CCOCC3)CC2)cc1. The van der Waals surface area contributed by atoms with E-state index in [1.54, 1.807) is 0 Å². The highest BCUT2D eigenvalue weighted by Crippen LogP contribution is 2.09. The van der Waals surface area contributed by atoms with Crippen molar-refractivity contribution in [3.05, 3.63) is 71.8 Å². The minimum atomic E-state index is 0.625. The Labute approximate surface area is 254 Å². The van der Waals surface area contributed by atoms with Crippen molar-refractivity contribution in [1.82, 2.24) is 19.6 Å². The van der Waals surface area contributed by atoms with Crippen LogP contribution in [0.2, 0.25) is 0 Å². The third-order valence-corrected chi connectivity index (χ3v) is 8.07. The van der Waals surface area contributed by atoms with Gasteiger partial charge in [-0.05, 0) is 24.0 Å². The lowest BCUT2D eigenvalue weighted by molar-refractivity contribution is 0.0106. The van der Waals surface area contributed by atoms with Gasteiger partial charge in [-0.1, -0.05) is 60.7 Å². The zero-order valence-corrected chi connectivity index (χ0v) is 25.8. The van der Waals surface area contributed by atoms with Crippen molar-refractivity contribution in [3.8, 4) is 0 Å². The van der Waals surface area contributed by atoms with Crippen LogP contribution in [-0.4, -0.2) is 138 Å². The highest BCUT2D eigenvalue weighted by molar-refractivity contribution is 5.15. The molecule has 2 aromatic carbocycles. The van der Waals surface area contributed by atoms with Gasteiger partial charge in [0.25, 0.3) is 0 Å². The van der Waals surface area contributed by atoms with Crippen LogP contribution < -0.4 is 0 Å². The molecule has 2 fully saturated rings. The summed E-state index contributed by atoms with van der Waals surface area (Å²) in [6, 6.07) is 21.8. The summed E-state index contributed by atoms with van der Waals surface area (Å²) in [7, 11) is 0. The predicted molar refractivity (Wildman–Crippen MR) is 169 cm³/mol. The van der Waals surface area contributed by atoms with E-state index in [0.717, 1.165) is 118 Å². The van der Waals surface area contributed by atoms with Crippen LogP contribution in [-0.2, 0) is 32.0 Å². The van der Waals surface area contributed by atoms with Gasteiger partial charge in [-0.25, -0.2) is 0 Å². The van der Waals surface area contributed by atoms with E-state index in [2.05, 4.69) is 80.3 Å². The van der Waals surface area contributed by atoms with Gasteiger partial charge in [0.1, 0.15) is 0 Å². The Morgan fingerprint density at radius 2 is 0.762 bits per heavy atom. The Kier molecular flexibility index (Phi) is 16.5. The zero-order chi connectivity index (χ0) is 28.9. The number of hydrogen-bond acceptors (Lipinski definition) is 8. The second-order valence-corrected chi connectivity index (χ2v) is 11.4. The molecule has 2 aliphatic rings. The molecule has 0 saturated carbocycles. The monoisotopic (exact) mass is 582 g/mol. The molecule has 42 heavy (non-hydrogen) atoms. The van der Waals surface area contributed by atoms with Gasteiger partial charge in [0.15, 0.2) is 0 Å². The largest absolute Gasteiger partial charge is 0.379 e. The first-order valence-electron chi connectivity index (χ1n) is 16.1. The molecule has 0 amide bonds. The fourth-order valence-corrected chi connectivity index (χ4v) is 5.55. The van der Waals surface area contributed by atoms with Crippen molar-refractivity contribution >= 4 is 0 Å². The second kappa shape index (κ2) is 20.9. The van der Waals surface area contributed by atoms with E-state index >= 15 is 0 Å². The average Bonchev–Trinajstić information content (AvgIpc) is 3.03. The smallest absolute Gasteiger partial charge is 0.0701 e. The molecular formula is C34H54N4O4. The number of ether oxygens (including phenoxy) is 4. The first-order valence-corrected chi connectivity index (χ1v) is 16.1. The van der Waals surface area contributed by atoms with E-state index < -0.39 is 0 Å². The normalized spacial score (nSPS) is 21.6. The second-order valence-electron chi connectivity index (χ2n) is 11.4. The van der Waals surface area contributed by atoms with Gasteiger partial charge in [0.05, 0.1) is 39.6 Å². The summed E-state index contributed by atoms with van der Waals surface area (Å²) in [5.74, 6) is 0. The lowest BCUT2D eigenvalue weighted by atomic mass is 10.2. The molecule has 2 saturated heterocycles. The third kappa shape index (κ3) is 14.1. The van der Waals surface area contributed by atoms with E-state index in [9.17, 15) is 0 Å². The molecule has 0 atom stereocenters. The average molecular weight is 583 g/mol. The van der Waals surface area contributed by atoms with E-state index in [1.165, 1.54) is 11.1 Å². The first kappa shape index (κ1) is 33.0. The molecule has 2 heterocycles. The molecule has 0 N–H and O–H groups in total. The first-order chi connectivity index (χ1) is 20.8. The summed E-state index contributed by atoms with van der Waals surface area (Å²) in [5.41, 5.74) is 2.75. The van der Waals surface area contributed by atoms with E-state index in [-0.39, 0.29) is 0 Å². The standard InChI is InChI=1S/C34H54N4O4/c1-3-9-33(10-4-1)31-37-13-7-23-39-27-29-42-30-28-40-24-8-14-38(32-34-11-5-2-6-12-34)20-18-35(17-19-37)15-16-36-21-25-41-26-22-36/h1-6,9-12H,7-8,13-32H2. The van der Waals surface area contributed by atoms with Crippen LogP contribution in [0, 0.1) is 0 Å². The molecule has 8 heteroatoms. The van der Waals surface area contributed by atoms with Crippen LogP contribution in [0.15, 0.2) is 60.7 Å². The molecule has 0 bridgehead atoms. The predicted octanol–water partition coefficient (Wildman–Crippen LogP) is 3.47. The van der Waals surface area contributed by atoms with Gasteiger partial charge in [-0.15, -0.1) is 0 Å². The molecule has 234 valence electrons. The molecule has 2 aliphatic heterocycles. The topological polar surface area (TPSA) is 49.9 Å². The van der Waals surface area contributed by atoms with Crippen LogP contribution in [0.1, 0.15) is 24.0 Å². The van der Waals surface area contributed by atoms with Crippen molar-refractivity contribution in [2.75, 3.05) is 118 Å². The third-order valence-electron chi connectivity index (χ3n) is 8.07. The number of rotatable bonds is 7. The molecule has 0 aromatic heterocycles. The maximum atomic E-state index is 5.88. The quantitative estimate of drug-likeness (QED) is 0.492. The van der Waals surface area contributed by atoms with E-state index in [4.69, 9.17) is 18.9 Å². The van der Waals surface area contributed by atoms with Gasteiger partial charge in [0, 0.05) is 91.8 Å². The van der Waals surface area contributed by atoms with Crippen molar-refractivity contribution in [2.24, 2.45) is 0 Å². The van der Waals surface area contributed by atoms with Crippen LogP contribution in [0.25, 0.3) is 0 Å². The Balaban J connectivity index is 1.40. The van der Waals surface area contributed by atoms with Gasteiger partial charge >= 0.3 is 0 Å². The van der Waals surface area contributed by atoms with E-state index in [1.807, 2.05) is 0 Å². The fourth-order valence-electron chi connectivity index (χ4n) is 5.55. The zero-order valence-electron chi connectivity index (χ0n) is 25.8. The summed E-state index contributed by atoms with van der Waals surface area (Å²) < 4.78 is 23.1. The molecule has 0 unspecified atom stereocenters. The Hall–Kier alpha value is -1.88. The van der Waals surface area contributed by atoms with Crippen LogP contribution in [0.5, 0.6) is 0 Å². The van der Waals surface area contributed by atoms with Crippen LogP contribution >= 0.6 is 0 Å².